The Bertz CT molecular complexity index is 1640. The Morgan fingerprint density at radius 3 is 2.67 bits per heavy atom. The number of ether oxygens (including phenoxy) is 1. The van der Waals surface area contributed by atoms with Gasteiger partial charge in [-0.05, 0) is 79.1 Å². The molecule has 4 aliphatic rings. The largest absolute Gasteiger partial charge is 0.460 e. The average Bonchev–Trinajstić information content (AvgIpc) is 3.67. The predicted molar refractivity (Wildman–Crippen MR) is 177 cm³/mol. The Morgan fingerprint density at radius 1 is 1.22 bits per heavy atom. The van der Waals surface area contributed by atoms with Crippen LogP contribution in [0, 0.1) is 24.2 Å². The molecule has 10 heteroatoms. The number of carbonyl (C=O) groups is 2. The number of aryl methyl sites for hydroxylation is 1. The van der Waals surface area contributed by atoms with Crippen molar-refractivity contribution in [1.29, 1.82) is 0 Å². The number of hydrogen-bond acceptors (Lipinski definition) is 7. The second-order valence-corrected chi connectivity index (χ2v) is 12.4. The van der Waals surface area contributed by atoms with Crippen molar-refractivity contribution in [3.05, 3.63) is 90.3 Å². The van der Waals surface area contributed by atoms with Crippen molar-refractivity contribution >= 4 is 34.6 Å². The number of hydrogen-bond donors (Lipinski definition) is 2. The number of rotatable bonds is 10. The summed E-state index contributed by atoms with van der Waals surface area (Å²) in [5, 5.41) is 12.6. The number of aliphatic imine (C=N–C) groups is 2. The lowest BCUT2D eigenvalue weighted by molar-refractivity contribution is -0.136. The molecular weight excluding hydrogens is 585 g/mol. The van der Waals surface area contributed by atoms with Crippen molar-refractivity contribution < 1.29 is 23.8 Å². The fourth-order valence-corrected chi connectivity index (χ4v) is 6.80. The molecule has 3 unspecified atom stereocenters. The van der Waals surface area contributed by atoms with Gasteiger partial charge in [0.05, 0.1) is 17.7 Å². The van der Waals surface area contributed by atoms with Crippen molar-refractivity contribution in [2.45, 2.75) is 39.0 Å². The van der Waals surface area contributed by atoms with Gasteiger partial charge in [0.25, 0.3) is 5.91 Å². The van der Waals surface area contributed by atoms with Gasteiger partial charge in [-0.15, -0.1) is 6.58 Å². The first-order chi connectivity index (χ1) is 22.2. The van der Waals surface area contributed by atoms with Crippen molar-refractivity contribution in [3.8, 4) is 5.75 Å². The highest BCUT2D eigenvalue weighted by Crippen LogP contribution is 2.65. The summed E-state index contributed by atoms with van der Waals surface area (Å²) in [5.74, 6) is 1.26. The Balaban J connectivity index is 1.11. The van der Waals surface area contributed by atoms with E-state index >= 15 is 0 Å². The summed E-state index contributed by atoms with van der Waals surface area (Å²) in [7, 11) is 1.70. The number of nitrogens with one attached hydrogen (secondary N) is 1. The molecule has 3 atom stereocenters. The van der Waals surface area contributed by atoms with E-state index in [0.29, 0.717) is 49.6 Å². The number of aliphatic hydroxyl groups is 1. The second kappa shape index (κ2) is 13.0. The molecule has 2 fully saturated rings. The maximum Gasteiger partial charge on any atom is 0.254 e. The van der Waals surface area contributed by atoms with E-state index in [1.165, 1.54) is 6.08 Å². The van der Waals surface area contributed by atoms with Gasteiger partial charge in [0.2, 0.25) is 12.3 Å². The van der Waals surface area contributed by atoms with Gasteiger partial charge in [0, 0.05) is 62.7 Å². The van der Waals surface area contributed by atoms with E-state index in [0.717, 1.165) is 34.5 Å². The molecular formula is C36H40FN5O4. The molecule has 1 saturated heterocycles. The van der Waals surface area contributed by atoms with Gasteiger partial charge in [-0.1, -0.05) is 24.3 Å². The highest BCUT2D eigenvalue weighted by atomic mass is 19.1. The van der Waals surface area contributed by atoms with E-state index in [-0.39, 0.29) is 42.1 Å². The number of likely N-dealkylation sites (N-methyl/N-ethyl adjacent to an activating group) is 1. The number of piperidine rings is 1. The molecule has 3 aliphatic heterocycles. The monoisotopic (exact) mass is 625 g/mol. The third kappa shape index (κ3) is 6.01. The van der Waals surface area contributed by atoms with E-state index in [4.69, 9.17) is 19.8 Å². The topological polar surface area (TPSA) is 107 Å². The number of likely N-dealkylation sites (tertiary alicyclic amines) is 1. The van der Waals surface area contributed by atoms with Gasteiger partial charge < -0.3 is 25.0 Å². The Morgan fingerprint density at radius 2 is 1.98 bits per heavy atom. The zero-order chi connectivity index (χ0) is 32.4. The maximum atomic E-state index is 13.9. The predicted octanol–water partition coefficient (Wildman–Crippen LogP) is 5.39. The minimum Gasteiger partial charge on any atom is -0.460 e. The fourth-order valence-electron chi connectivity index (χ4n) is 6.80. The van der Waals surface area contributed by atoms with Crippen LogP contribution in [0.15, 0.2) is 83.6 Å². The number of aliphatic hydroxyl groups excluding tert-OH is 1. The number of alkyl halides is 1. The number of allylic oxidation sites excluding steroid dienone is 2. The standard InChI is InChI=1S/C36H40FN5O4/c1-4-5-31(37)46-28-9-6-24(7-10-28)30-22-39-32-33(38-15-12-26-21-36(26,30)32)40-27-8-11-29(23(2)20-27)35(45)42-16-13-25(14-17-42)34(44)41(3)18-19-43/h4,6-12,15,20,22,25-26,31,43H,1,5,13-14,16-19,21H2,2-3H3,(H,38,40). The molecule has 6 rings (SSSR count). The number of halogens is 1. The first-order valence-corrected chi connectivity index (χ1v) is 15.8. The summed E-state index contributed by atoms with van der Waals surface area (Å²) in [4.78, 5) is 39.0. The summed E-state index contributed by atoms with van der Waals surface area (Å²) in [6, 6.07) is 13.1. The van der Waals surface area contributed by atoms with Gasteiger partial charge in [-0.25, -0.2) is 9.38 Å². The highest BCUT2D eigenvalue weighted by Gasteiger charge is 2.62. The lowest BCUT2D eigenvalue weighted by Gasteiger charge is -2.33. The number of amides is 2. The average molecular weight is 626 g/mol. The summed E-state index contributed by atoms with van der Waals surface area (Å²) < 4.78 is 19.3. The van der Waals surface area contributed by atoms with Crippen LogP contribution in [-0.4, -0.2) is 77.9 Å². The van der Waals surface area contributed by atoms with Crippen molar-refractivity contribution in [2.75, 3.05) is 38.6 Å². The lowest BCUT2D eigenvalue weighted by atomic mass is 9.85. The zero-order valence-corrected chi connectivity index (χ0v) is 26.3. The van der Waals surface area contributed by atoms with Gasteiger partial charge >= 0.3 is 0 Å². The van der Waals surface area contributed by atoms with Crippen LogP contribution in [0.4, 0.5) is 10.1 Å². The van der Waals surface area contributed by atoms with E-state index in [9.17, 15) is 14.0 Å². The van der Waals surface area contributed by atoms with Crippen LogP contribution in [0.2, 0.25) is 0 Å². The van der Waals surface area contributed by atoms with E-state index in [1.807, 2.05) is 54.6 Å². The number of amidine groups is 1. The Hall–Kier alpha value is -4.57. The minimum atomic E-state index is -1.43. The molecule has 9 nitrogen and oxygen atoms in total. The molecule has 1 aliphatic carbocycles. The van der Waals surface area contributed by atoms with E-state index in [2.05, 4.69) is 18.0 Å². The quantitative estimate of drug-likeness (QED) is 0.345. The van der Waals surface area contributed by atoms with Gasteiger partial charge in [-0.2, -0.15) is 0 Å². The van der Waals surface area contributed by atoms with Crippen LogP contribution >= 0.6 is 0 Å². The molecule has 0 aromatic heterocycles. The molecule has 0 radical (unpaired) electrons. The zero-order valence-electron chi connectivity index (χ0n) is 26.3. The van der Waals surface area contributed by atoms with Gasteiger partial charge in [-0.3, -0.25) is 14.6 Å². The number of carbonyl (C=O) groups excluding carboxylic acids is 2. The summed E-state index contributed by atoms with van der Waals surface area (Å²) >= 11 is 0. The fraction of sp³-hybridized carbons (Fsp3) is 0.389. The molecule has 0 bridgehead atoms. The van der Waals surface area contributed by atoms with Crippen molar-refractivity contribution in [1.82, 2.24) is 9.80 Å². The summed E-state index contributed by atoms with van der Waals surface area (Å²) in [6.07, 6.45) is 8.20. The third-order valence-electron chi connectivity index (χ3n) is 9.43. The molecule has 1 saturated carbocycles. The maximum absolute atomic E-state index is 13.9. The molecule has 2 amide bonds. The number of anilines is 1. The van der Waals surface area contributed by atoms with Crippen LogP contribution in [0.1, 0.15) is 47.2 Å². The van der Waals surface area contributed by atoms with Crippen LogP contribution in [-0.2, 0) is 4.79 Å². The van der Waals surface area contributed by atoms with Crippen LogP contribution in [0.25, 0.3) is 5.57 Å². The first-order valence-electron chi connectivity index (χ1n) is 15.8. The molecule has 1 spiro atoms. The van der Waals surface area contributed by atoms with E-state index in [1.54, 1.807) is 24.1 Å². The Labute approximate surface area is 268 Å². The lowest BCUT2D eigenvalue weighted by Crippen LogP contribution is -2.44. The van der Waals surface area contributed by atoms with Crippen molar-refractivity contribution in [3.63, 3.8) is 0 Å². The SMILES string of the molecule is C=CCC(F)Oc1ccc(C2=CN=C3C(Nc4ccc(C(=O)N5CCC(C(=O)N(C)CCO)CC5)c(C)c4)=NC=CC4CC234)cc1. The van der Waals surface area contributed by atoms with Crippen LogP contribution in [0.3, 0.4) is 0 Å². The first kappa shape index (κ1) is 31.4. The Kier molecular flexibility index (Phi) is 8.90. The number of benzene rings is 2. The summed E-state index contributed by atoms with van der Waals surface area (Å²) in [6.45, 7) is 6.77. The molecule has 2 aromatic rings. The second-order valence-electron chi connectivity index (χ2n) is 12.4. The number of nitrogens with zero attached hydrogens (tertiary/aromatic N) is 4. The van der Waals surface area contributed by atoms with Gasteiger partial charge in [0.15, 0.2) is 5.84 Å². The highest BCUT2D eigenvalue weighted by molar-refractivity contribution is 6.51. The van der Waals surface area contributed by atoms with E-state index < -0.39 is 6.36 Å². The molecule has 2 aromatic carbocycles. The normalized spacial score (nSPS) is 22.4. The molecule has 3 heterocycles. The molecule has 240 valence electrons. The van der Waals surface area contributed by atoms with Gasteiger partial charge in [0.1, 0.15) is 5.75 Å². The van der Waals surface area contributed by atoms with Crippen LogP contribution in [0.5, 0.6) is 5.75 Å². The van der Waals surface area contributed by atoms with Crippen LogP contribution < -0.4 is 10.1 Å². The smallest absolute Gasteiger partial charge is 0.254 e. The molecule has 46 heavy (non-hydrogen) atoms. The van der Waals surface area contributed by atoms with Crippen molar-refractivity contribution in [2.24, 2.45) is 27.2 Å². The third-order valence-corrected chi connectivity index (χ3v) is 9.43. The summed E-state index contributed by atoms with van der Waals surface area (Å²) in [5.41, 5.74) is 5.00. The minimum absolute atomic E-state index is 0.0243. The molecule has 2 N–H and O–H groups in total.